The van der Waals surface area contributed by atoms with Crippen LogP contribution in [-0.4, -0.2) is 32.7 Å². The Morgan fingerprint density at radius 2 is 1.86 bits per heavy atom. The summed E-state index contributed by atoms with van der Waals surface area (Å²) in [6, 6.07) is 19.5. The Labute approximate surface area is 168 Å². The lowest BCUT2D eigenvalue weighted by Crippen LogP contribution is -3.10. The van der Waals surface area contributed by atoms with Gasteiger partial charge in [0, 0.05) is 4.88 Å². The first kappa shape index (κ1) is 20.0. The first-order chi connectivity index (χ1) is 13.6. The van der Waals surface area contributed by atoms with Crippen LogP contribution < -0.4 is 15.0 Å². The van der Waals surface area contributed by atoms with Gasteiger partial charge in [0.15, 0.2) is 6.54 Å². The van der Waals surface area contributed by atoms with Crippen molar-refractivity contribution < 1.29 is 18.8 Å². The number of quaternary nitrogens is 1. The molecule has 0 radical (unpaired) electrons. The SMILES string of the molecule is C[NH+](CCOc1ccccc1)CC(=O)N[C@@H](c1ccc(F)cc1)c1cccs1. The molecule has 6 heteroatoms. The highest BCUT2D eigenvalue weighted by Crippen LogP contribution is 2.26. The normalized spacial score (nSPS) is 12.9. The minimum absolute atomic E-state index is 0.0556. The number of likely N-dealkylation sites (N-methyl/N-ethyl adjacent to an activating group) is 1. The zero-order valence-corrected chi connectivity index (χ0v) is 16.5. The Hall–Kier alpha value is -2.70. The number of carbonyl (C=O) groups excluding carboxylic acids is 1. The van der Waals surface area contributed by atoms with Crippen molar-refractivity contribution in [1.82, 2.24) is 5.32 Å². The van der Waals surface area contributed by atoms with Gasteiger partial charge in [-0.25, -0.2) is 4.39 Å². The van der Waals surface area contributed by atoms with Crippen LogP contribution in [-0.2, 0) is 4.79 Å². The van der Waals surface area contributed by atoms with Crippen LogP contribution in [0.5, 0.6) is 5.75 Å². The van der Waals surface area contributed by atoms with E-state index in [9.17, 15) is 9.18 Å². The van der Waals surface area contributed by atoms with Crippen LogP contribution in [0.2, 0.25) is 0 Å². The van der Waals surface area contributed by atoms with Gasteiger partial charge in [-0.1, -0.05) is 36.4 Å². The molecule has 1 heterocycles. The smallest absolute Gasteiger partial charge is 0.275 e. The number of hydrogen-bond acceptors (Lipinski definition) is 3. The Bertz CT molecular complexity index is 854. The molecule has 1 unspecified atom stereocenters. The molecule has 4 nitrogen and oxygen atoms in total. The van der Waals surface area contributed by atoms with E-state index in [2.05, 4.69) is 5.32 Å². The molecule has 0 aliphatic carbocycles. The highest BCUT2D eigenvalue weighted by atomic mass is 32.1. The number of ether oxygens (including phenoxy) is 1. The van der Waals surface area contributed by atoms with Crippen LogP contribution >= 0.6 is 11.3 Å². The number of para-hydroxylation sites is 1. The van der Waals surface area contributed by atoms with Crippen molar-refractivity contribution in [2.24, 2.45) is 0 Å². The molecular weight excluding hydrogens is 375 g/mol. The van der Waals surface area contributed by atoms with Crippen LogP contribution in [0.4, 0.5) is 4.39 Å². The zero-order chi connectivity index (χ0) is 19.8. The molecular formula is C22H24FN2O2S+. The molecule has 0 aliphatic heterocycles. The molecule has 0 fully saturated rings. The third kappa shape index (κ3) is 5.90. The zero-order valence-electron chi connectivity index (χ0n) is 15.7. The molecule has 0 bridgehead atoms. The van der Waals surface area contributed by atoms with Crippen molar-refractivity contribution in [3.63, 3.8) is 0 Å². The number of halogens is 1. The second-order valence-corrected chi connectivity index (χ2v) is 7.59. The molecule has 146 valence electrons. The van der Waals surface area contributed by atoms with E-state index in [1.165, 1.54) is 12.1 Å². The lowest BCUT2D eigenvalue weighted by Gasteiger charge is -2.20. The van der Waals surface area contributed by atoms with Gasteiger partial charge in [-0.2, -0.15) is 0 Å². The molecule has 0 spiro atoms. The standard InChI is InChI=1S/C22H23FN2O2S/c1-25(13-14-27-19-6-3-2-4-7-19)16-21(26)24-22(20-8-5-15-28-20)17-9-11-18(23)12-10-17/h2-12,15,22H,13-14,16H2,1H3,(H,24,26)/p+1/t22-/m0/s1. The van der Waals surface area contributed by atoms with E-state index in [0.29, 0.717) is 19.7 Å². The average Bonchev–Trinajstić information content (AvgIpc) is 3.22. The fraction of sp³-hybridized carbons (Fsp3) is 0.227. The molecule has 0 saturated heterocycles. The van der Waals surface area contributed by atoms with Crippen LogP contribution in [0, 0.1) is 5.82 Å². The summed E-state index contributed by atoms with van der Waals surface area (Å²) in [5, 5.41) is 5.05. The number of nitrogens with one attached hydrogen (secondary N) is 2. The van der Waals surface area contributed by atoms with Gasteiger partial charge in [0.2, 0.25) is 0 Å². The molecule has 2 atom stereocenters. The highest BCUT2D eigenvalue weighted by Gasteiger charge is 2.20. The molecule has 1 aromatic heterocycles. The van der Waals surface area contributed by atoms with E-state index < -0.39 is 0 Å². The van der Waals surface area contributed by atoms with E-state index in [0.717, 1.165) is 21.1 Å². The molecule has 28 heavy (non-hydrogen) atoms. The van der Waals surface area contributed by atoms with E-state index in [1.54, 1.807) is 23.5 Å². The van der Waals surface area contributed by atoms with Crippen molar-refractivity contribution in [3.8, 4) is 5.75 Å². The van der Waals surface area contributed by atoms with Gasteiger partial charge in [-0.3, -0.25) is 4.79 Å². The van der Waals surface area contributed by atoms with Crippen LogP contribution in [0.15, 0.2) is 72.1 Å². The van der Waals surface area contributed by atoms with E-state index >= 15 is 0 Å². The van der Waals surface area contributed by atoms with Crippen molar-refractivity contribution in [2.75, 3.05) is 26.7 Å². The molecule has 2 N–H and O–H groups in total. The van der Waals surface area contributed by atoms with Gasteiger partial charge < -0.3 is 15.0 Å². The average molecular weight is 400 g/mol. The van der Waals surface area contributed by atoms with Crippen molar-refractivity contribution >= 4 is 17.2 Å². The highest BCUT2D eigenvalue weighted by molar-refractivity contribution is 7.10. The van der Waals surface area contributed by atoms with Crippen molar-refractivity contribution in [3.05, 3.63) is 88.4 Å². The number of hydrogen-bond donors (Lipinski definition) is 2. The predicted octanol–water partition coefficient (Wildman–Crippen LogP) is 2.69. The summed E-state index contributed by atoms with van der Waals surface area (Å²) in [7, 11) is 1.96. The molecule has 0 aliphatic rings. The number of thiophene rings is 1. The summed E-state index contributed by atoms with van der Waals surface area (Å²) >= 11 is 1.57. The van der Waals surface area contributed by atoms with Crippen LogP contribution in [0.25, 0.3) is 0 Å². The number of rotatable bonds is 9. The fourth-order valence-electron chi connectivity index (χ4n) is 2.86. The van der Waals surface area contributed by atoms with Crippen LogP contribution in [0.3, 0.4) is 0 Å². The largest absolute Gasteiger partial charge is 0.488 e. The predicted molar refractivity (Wildman–Crippen MR) is 109 cm³/mol. The Kier molecular flexibility index (Phi) is 7.17. The monoisotopic (exact) mass is 399 g/mol. The summed E-state index contributed by atoms with van der Waals surface area (Å²) in [5.74, 6) is 0.483. The third-order valence-electron chi connectivity index (χ3n) is 4.34. The molecule has 3 aromatic rings. The summed E-state index contributed by atoms with van der Waals surface area (Å²) in [4.78, 5) is 14.7. The van der Waals surface area contributed by atoms with Crippen molar-refractivity contribution in [1.29, 1.82) is 0 Å². The molecule has 3 rings (SSSR count). The lowest BCUT2D eigenvalue weighted by molar-refractivity contribution is -0.871. The first-order valence-corrected chi connectivity index (χ1v) is 10.1. The molecule has 1 amide bonds. The fourth-order valence-corrected chi connectivity index (χ4v) is 3.67. The minimum atomic E-state index is -0.289. The lowest BCUT2D eigenvalue weighted by atomic mass is 10.1. The van der Waals surface area contributed by atoms with E-state index in [4.69, 9.17) is 4.74 Å². The van der Waals surface area contributed by atoms with Gasteiger partial charge in [0.05, 0.1) is 13.1 Å². The second-order valence-electron chi connectivity index (χ2n) is 6.61. The minimum Gasteiger partial charge on any atom is -0.488 e. The van der Waals surface area contributed by atoms with Gasteiger partial charge in [0.25, 0.3) is 5.91 Å². The van der Waals surface area contributed by atoms with Gasteiger partial charge in [0.1, 0.15) is 24.7 Å². The van der Waals surface area contributed by atoms with E-state index in [1.807, 2.05) is 54.9 Å². The maximum Gasteiger partial charge on any atom is 0.275 e. The van der Waals surface area contributed by atoms with E-state index in [-0.39, 0.29) is 17.8 Å². The second kappa shape index (κ2) is 10.0. The number of benzene rings is 2. The molecule has 2 aromatic carbocycles. The van der Waals surface area contributed by atoms with Crippen LogP contribution in [0.1, 0.15) is 16.5 Å². The maximum absolute atomic E-state index is 13.3. The maximum atomic E-state index is 13.3. The first-order valence-electron chi connectivity index (χ1n) is 9.19. The number of carbonyl (C=O) groups is 1. The van der Waals surface area contributed by atoms with Gasteiger partial charge >= 0.3 is 0 Å². The summed E-state index contributed by atoms with van der Waals surface area (Å²) in [6.45, 7) is 1.58. The quantitative estimate of drug-likeness (QED) is 0.581. The molecule has 0 saturated carbocycles. The summed E-state index contributed by atoms with van der Waals surface area (Å²) < 4.78 is 19.0. The Morgan fingerprint density at radius 3 is 2.54 bits per heavy atom. The summed E-state index contributed by atoms with van der Waals surface area (Å²) in [5.41, 5.74) is 0.863. The summed E-state index contributed by atoms with van der Waals surface area (Å²) in [6.07, 6.45) is 0. The van der Waals surface area contributed by atoms with Crippen molar-refractivity contribution in [2.45, 2.75) is 6.04 Å². The number of amides is 1. The Morgan fingerprint density at radius 1 is 1.11 bits per heavy atom. The third-order valence-corrected chi connectivity index (χ3v) is 5.28. The topological polar surface area (TPSA) is 42.8 Å². The van der Waals surface area contributed by atoms with Gasteiger partial charge in [-0.15, -0.1) is 11.3 Å². The van der Waals surface area contributed by atoms with Gasteiger partial charge in [-0.05, 0) is 41.3 Å². The Balaban J connectivity index is 1.54.